The van der Waals surface area contributed by atoms with Crippen molar-refractivity contribution in [1.82, 2.24) is 5.32 Å². The minimum Gasteiger partial charge on any atom is -0.493 e. The van der Waals surface area contributed by atoms with E-state index in [4.69, 9.17) is 9.47 Å². The normalized spacial score (nSPS) is 15.3. The number of hydrogen-bond donors (Lipinski definition) is 1. The number of nitrogens with one attached hydrogen (secondary N) is 1. The van der Waals surface area contributed by atoms with Crippen LogP contribution in [0.3, 0.4) is 0 Å². The van der Waals surface area contributed by atoms with Gasteiger partial charge in [0, 0.05) is 6.04 Å². The van der Waals surface area contributed by atoms with Crippen molar-refractivity contribution in [1.29, 1.82) is 0 Å². The molecule has 1 heterocycles. The number of para-hydroxylation sites is 2. The van der Waals surface area contributed by atoms with E-state index in [9.17, 15) is 14.0 Å². The topological polar surface area (TPSA) is 67.9 Å². The molecule has 0 bridgehead atoms. The second-order valence-corrected chi connectivity index (χ2v) is 7.15. The van der Waals surface area contributed by atoms with Crippen LogP contribution in [0.5, 0.6) is 11.5 Å². The molecule has 2 aromatic carbocycles. The van der Waals surface area contributed by atoms with E-state index < -0.39 is 6.10 Å². The van der Waals surface area contributed by atoms with Gasteiger partial charge in [-0.05, 0) is 49.2 Å². The fourth-order valence-corrected chi connectivity index (χ4v) is 3.32. The van der Waals surface area contributed by atoms with Gasteiger partial charge < -0.3 is 19.7 Å². The van der Waals surface area contributed by atoms with Crippen molar-refractivity contribution >= 4 is 17.5 Å². The molecular weight excluding hydrogens is 387 g/mol. The van der Waals surface area contributed by atoms with Crippen LogP contribution in [0.25, 0.3) is 0 Å². The zero-order valence-electron chi connectivity index (χ0n) is 17.3. The van der Waals surface area contributed by atoms with Crippen molar-refractivity contribution < 1.29 is 23.5 Å². The van der Waals surface area contributed by atoms with E-state index in [2.05, 4.69) is 5.32 Å². The van der Waals surface area contributed by atoms with Crippen LogP contribution < -0.4 is 19.7 Å². The third-order valence-corrected chi connectivity index (χ3v) is 5.10. The van der Waals surface area contributed by atoms with E-state index >= 15 is 0 Å². The smallest absolute Gasteiger partial charge is 0.263 e. The van der Waals surface area contributed by atoms with Crippen molar-refractivity contribution in [3.63, 3.8) is 0 Å². The summed E-state index contributed by atoms with van der Waals surface area (Å²) >= 11 is 0. The first-order valence-electron chi connectivity index (χ1n) is 10.3. The van der Waals surface area contributed by atoms with Crippen LogP contribution in [-0.4, -0.2) is 37.1 Å². The van der Waals surface area contributed by atoms with Gasteiger partial charge in [-0.15, -0.1) is 0 Å². The van der Waals surface area contributed by atoms with Gasteiger partial charge in [-0.1, -0.05) is 26.0 Å². The van der Waals surface area contributed by atoms with Crippen LogP contribution in [0.4, 0.5) is 10.1 Å². The van der Waals surface area contributed by atoms with Crippen molar-refractivity contribution in [2.75, 3.05) is 18.1 Å². The summed E-state index contributed by atoms with van der Waals surface area (Å²) < 4.78 is 24.4. The van der Waals surface area contributed by atoms with Crippen LogP contribution in [-0.2, 0) is 9.59 Å². The Kier molecular flexibility index (Phi) is 7.27. The predicted molar refractivity (Wildman–Crippen MR) is 112 cm³/mol. The average molecular weight is 414 g/mol. The molecule has 2 amide bonds. The quantitative estimate of drug-likeness (QED) is 0.715. The van der Waals surface area contributed by atoms with Crippen molar-refractivity contribution in [2.45, 2.75) is 45.3 Å². The van der Waals surface area contributed by atoms with Gasteiger partial charge in [-0.25, -0.2) is 4.39 Å². The van der Waals surface area contributed by atoms with E-state index in [1.54, 1.807) is 23.1 Å². The van der Waals surface area contributed by atoms with Crippen molar-refractivity contribution in [2.24, 2.45) is 0 Å². The highest BCUT2D eigenvalue weighted by Crippen LogP contribution is 2.33. The second kappa shape index (κ2) is 10.1. The number of benzene rings is 2. The molecule has 30 heavy (non-hydrogen) atoms. The number of carbonyl (C=O) groups is 2. The van der Waals surface area contributed by atoms with Crippen LogP contribution in [0.2, 0.25) is 0 Å². The number of ether oxygens (including phenoxy) is 2. The Hall–Kier alpha value is -3.09. The standard InChI is InChI=1S/C23H27FN2O4/c1-3-17(4-2)25-23(28)21-15-26(19-7-5-6-8-20(19)30-21)22(27)13-14-29-18-11-9-16(24)10-12-18/h5-12,17,21H,3-4,13-15H2,1-2H3,(H,25,28). The molecule has 1 aliphatic rings. The largest absolute Gasteiger partial charge is 0.493 e. The summed E-state index contributed by atoms with van der Waals surface area (Å²) in [7, 11) is 0. The number of halogens is 1. The number of carbonyl (C=O) groups excluding carboxylic acids is 2. The van der Waals surface area contributed by atoms with Gasteiger partial charge in [0.15, 0.2) is 6.10 Å². The number of anilines is 1. The van der Waals surface area contributed by atoms with Gasteiger partial charge in [0.25, 0.3) is 5.91 Å². The molecule has 3 rings (SSSR count). The van der Waals surface area contributed by atoms with Gasteiger partial charge in [-0.2, -0.15) is 0 Å². The molecule has 1 aliphatic heterocycles. The van der Waals surface area contributed by atoms with Crippen LogP contribution in [0, 0.1) is 5.82 Å². The van der Waals surface area contributed by atoms with E-state index in [-0.39, 0.29) is 43.2 Å². The second-order valence-electron chi connectivity index (χ2n) is 7.15. The zero-order valence-corrected chi connectivity index (χ0v) is 17.3. The lowest BCUT2D eigenvalue weighted by Crippen LogP contribution is -2.52. The Labute approximate surface area is 176 Å². The first-order valence-corrected chi connectivity index (χ1v) is 10.3. The third-order valence-electron chi connectivity index (χ3n) is 5.10. The highest BCUT2D eigenvalue weighted by molar-refractivity contribution is 5.97. The summed E-state index contributed by atoms with van der Waals surface area (Å²) in [5.41, 5.74) is 0.635. The molecule has 1 unspecified atom stereocenters. The van der Waals surface area contributed by atoms with Gasteiger partial charge in [0.1, 0.15) is 17.3 Å². The number of hydrogen-bond acceptors (Lipinski definition) is 4. The molecule has 0 radical (unpaired) electrons. The molecule has 1 atom stereocenters. The van der Waals surface area contributed by atoms with Crippen LogP contribution in [0.1, 0.15) is 33.1 Å². The van der Waals surface area contributed by atoms with Crippen molar-refractivity contribution in [3.8, 4) is 11.5 Å². The summed E-state index contributed by atoms with van der Waals surface area (Å²) in [5, 5.41) is 2.99. The lowest BCUT2D eigenvalue weighted by molar-refractivity contribution is -0.129. The summed E-state index contributed by atoms with van der Waals surface area (Å²) in [6.45, 7) is 4.32. The van der Waals surface area contributed by atoms with E-state index in [0.717, 1.165) is 12.8 Å². The molecular formula is C23H27FN2O4. The van der Waals surface area contributed by atoms with E-state index in [1.807, 2.05) is 19.9 Å². The summed E-state index contributed by atoms with van der Waals surface area (Å²) in [4.78, 5) is 27.2. The number of nitrogens with zero attached hydrogens (tertiary/aromatic N) is 1. The number of fused-ring (bicyclic) bond motifs is 1. The molecule has 0 saturated heterocycles. The molecule has 0 aliphatic carbocycles. The first kappa shape index (κ1) is 21.6. The maximum Gasteiger partial charge on any atom is 0.263 e. The molecule has 0 spiro atoms. The van der Waals surface area contributed by atoms with Crippen LogP contribution in [0.15, 0.2) is 48.5 Å². The van der Waals surface area contributed by atoms with Gasteiger partial charge in [0.2, 0.25) is 5.91 Å². The lowest BCUT2D eigenvalue weighted by Gasteiger charge is -2.34. The molecule has 0 saturated carbocycles. The average Bonchev–Trinajstić information content (AvgIpc) is 2.77. The fourth-order valence-electron chi connectivity index (χ4n) is 3.32. The number of amides is 2. The highest BCUT2D eigenvalue weighted by Gasteiger charge is 2.34. The molecule has 7 heteroatoms. The Morgan fingerprint density at radius 3 is 2.57 bits per heavy atom. The fraction of sp³-hybridized carbons (Fsp3) is 0.391. The molecule has 6 nitrogen and oxygen atoms in total. The summed E-state index contributed by atoms with van der Waals surface area (Å²) in [6.07, 6.45) is 0.999. The Morgan fingerprint density at radius 1 is 1.17 bits per heavy atom. The lowest BCUT2D eigenvalue weighted by atomic mass is 10.1. The number of rotatable bonds is 8. The van der Waals surface area contributed by atoms with Gasteiger partial charge in [-0.3, -0.25) is 9.59 Å². The molecule has 0 aromatic heterocycles. The van der Waals surface area contributed by atoms with E-state index in [0.29, 0.717) is 17.2 Å². The SMILES string of the molecule is CCC(CC)NC(=O)C1CN(C(=O)CCOc2ccc(F)cc2)c2ccccc2O1. The maximum atomic E-state index is 13.0. The van der Waals surface area contributed by atoms with Crippen molar-refractivity contribution in [3.05, 3.63) is 54.3 Å². The Balaban J connectivity index is 1.66. The van der Waals surface area contributed by atoms with Crippen LogP contribution >= 0.6 is 0 Å². The summed E-state index contributed by atoms with van der Waals surface area (Å²) in [5.74, 6) is 0.253. The maximum absolute atomic E-state index is 13.0. The Morgan fingerprint density at radius 2 is 1.87 bits per heavy atom. The molecule has 1 N–H and O–H groups in total. The minimum atomic E-state index is -0.775. The van der Waals surface area contributed by atoms with E-state index in [1.165, 1.54) is 24.3 Å². The predicted octanol–water partition coefficient (Wildman–Crippen LogP) is 3.69. The summed E-state index contributed by atoms with van der Waals surface area (Å²) in [6, 6.07) is 12.9. The third kappa shape index (κ3) is 5.28. The monoisotopic (exact) mass is 414 g/mol. The Bertz CT molecular complexity index is 868. The minimum absolute atomic E-state index is 0.0755. The van der Waals surface area contributed by atoms with Gasteiger partial charge in [0.05, 0.1) is 25.3 Å². The molecule has 160 valence electrons. The zero-order chi connectivity index (χ0) is 21.5. The van der Waals surface area contributed by atoms with Gasteiger partial charge >= 0.3 is 0 Å². The molecule has 2 aromatic rings. The first-order chi connectivity index (χ1) is 14.5. The highest BCUT2D eigenvalue weighted by atomic mass is 19.1. The molecule has 0 fully saturated rings.